The van der Waals surface area contributed by atoms with Crippen LogP contribution in [0.15, 0.2) is 102 Å². The lowest BCUT2D eigenvalue weighted by Gasteiger charge is -2.18. The van der Waals surface area contributed by atoms with Gasteiger partial charge in [-0.2, -0.15) is 4.72 Å². The Bertz CT molecular complexity index is 1520. The van der Waals surface area contributed by atoms with Gasteiger partial charge in [-0.05, 0) is 71.1 Å². The maximum Gasteiger partial charge on any atom is 0.322 e. The van der Waals surface area contributed by atoms with Gasteiger partial charge >= 0.3 is 5.97 Å². The summed E-state index contributed by atoms with van der Waals surface area (Å²) in [6.45, 7) is 3.44. The standard InChI is InChI=1S/C30H28FNO6S/c1-20(2)29(30(33)34)32-39(35,36)28-17-12-23(18-27(28)31)22-10-8-21(9-11-22)19-37-24-13-15-26(16-14-24)38-25-6-4-3-5-7-25/h3-18,20,29,32H,19H2,1-2H3,(H,33,34)/t29-/m1/s1. The fourth-order valence-corrected chi connectivity index (χ4v) is 5.19. The van der Waals surface area contributed by atoms with Crippen molar-refractivity contribution in [3.63, 3.8) is 0 Å². The highest BCUT2D eigenvalue weighted by atomic mass is 32.2. The minimum Gasteiger partial charge on any atom is -0.489 e. The molecule has 0 spiro atoms. The van der Waals surface area contributed by atoms with E-state index in [0.29, 0.717) is 29.2 Å². The molecule has 7 nitrogen and oxygen atoms in total. The zero-order chi connectivity index (χ0) is 28.0. The number of sulfonamides is 1. The summed E-state index contributed by atoms with van der Waals surface area (Å²) in [6.07, 6.45) is 0. The molecule has 4 rings (SSSR count). The molecule has 0 bridgehead atoms. The number of carbonyl (C=O) groups is 1. The molecule has 202 valence electrons. The molecule has 9 heteroatoms. The third-order valence-electron chi connectivity index (χ3n) is 5.93. The first-order chi connectivity index (χ1) is 18.6. The van der Waals surface area contributed by atoms with Crippen LogP contribution in [0.1, 0.15) is 19.4 Å². The smallest absolute Gasteiger partial charge is 0.322 e. The van der Waals surface area contributed by atoms with E-state index in [4.69, 9.17) is 9.47 Å². The van der Waals surface area contributed by atoms with Crippen LogP contribution in [0.5, 0.6) is 17.2 Å². The monoisotopic (exact) mass is 549 g/mol. The van der Waals surface area contributed by atoms with Gasteiger partial charge in [0.1, 0.15) is 40.6 Å². The number of aliphatic carboxylic acids is 1. The fourth-order valence-electron chi connectivity index (χ4n) is 3.79. The largest absolute Gasteiger partial charge is 0.489 e. The van der Waals surface area contributed by atoms with E-state index in [9.17, 15) is 22.7 Å². The van der Waals surface area contributed by atoms with E-state index in [1.54, 1.807) is 26.0 Å². The van der Waals surface area contributed by atoms with E-state index in [-0.39, 0.29) is 0 Å². The molecule has 0 amide bonds. The Morgan fingerprint density at radius 3 is 2.03 bits per heavy atom. The molecular weight excluding hydrogens is 521 g/mol. The Morgan fingerprint density at radius 1 is 0.846 bits per heavy atom. The summed E-state index contributed by atoms with van der Waals surface area (Å²) in [4.78, 5) is 10.8. The van der Waals surface area contributed by atoms with Crippen molar-refractivity contribution in [3.05, 3.63) is 108 Å². The first-order valence-electron chi connectivity index (χ1n) is 12.2. The van der Waals surface area contributed by atoms with Gasteiger partial charge in [0.15, 0.2) is 0 Å². The summed E-state index contributed by atoms with van der Waals surface area (Å²) < 4.78 is 53.8. The van der Waals surface area contributed by atoms with Crippen LogP contribution in [0.4, 0.5) is 4.39 Å². The summed E-state index contributed by atoms with van der Waals surface area (Å²) in [5.41, 5.74) is 2.05. The highest BCUT2D eigenvalue weighted by Crippen LogP contribution is 2.27. The molecule has 0 fully saturated rings. The van der Waals surface area contributed by atoms with Crippen molar-refractivity contribution in [3.8, 4) is 28.4 Å². The van der Waals surface area contributed by atoms with Crippen LogP contribution in [-0.2, 0) is 21.4 Å². The molecule has 0 aliphatic carbocycles. The van der Waals surface area contributed by atoms with Crippen molar-refractivity contribution >= 4 is 16.0 Å². The number of nitrogens with one attached hydrogen (secondary N) is 1. The number of carboxylic acids is 1. The molecule has 2 N–H and O–H groups in total. The zero-order valence-corrected chi connectivity index (χ0v) is 22.2. The number of carboxylic acid groups (broad SMARTS) is 1. The number of hydrogen-bond donors (Lipinski definition) is 2. The van der Waals surface area contributed by atoms with Gasteiger partial charge < -0.3 is 14.6 Å². The lowest BCUT2D eigenvalue weighted by Crippen LogP contribution is -2.44. The SMILES string of the molecule is CC(C)[C@@H](NS(=O)(=O)c1ccc(-c2ccc(COc3ccc(Oc4ccccc4)cc3)cc2)cc1F)C(=O)O. The second-order valence-electron chi connectivity index (χ2n) is 9.20. The first kappa shape index (κ1) is 27.8. The van der Waals surface area contributed by atoms with Crippen molar-refractivity contribution in [1.29, 1.82) is 0 Å². The molecule has 0 unspecified atom stereocenters. The average molecular weight is 550 g/mol. The van der Waals surface area contributed by atoms with Crippen LogP contribution < -0.4 is 14.2 Å². The van der Waals surface area contributed by atoms with Crippen LogP contribution in [0.3, 0.4) is 0 Å². The molecule has 0 aliphatic heterocycles. The van der Waals surface area contributed by atoms with Gasteiger partial charge in [0.05, 0.1) is 0 Å². The summed E-state index contributed by atoms with van der Waals surface area (Å²) in [5, 5.41) is 9.27. The van der Waals surface area contributed by atoms with Crippen molar-refractivity contribution < 1.29 is 32.2 Å². The second-order valence-corrected chi connectivity index (χ2v) is 10.9. The van der Waals surface area contributed by atoms with Crippen LogP contribution in [0.25, 0.3) is 11.1 Å². The Labute approximate surface area is 226 Å². The third-order valence-corrected chi connectivity index (χ3v) is 7.41. The molecule has 0 aliphatic rings. The molecule has 39 heavy (non-hydrogen) atoms. The van der Waals surface area contributed by atoms with Gasteiger partial charge in [-0.25, -0.2) is 12.8 Å². The summed E-state index contributed by atoms with van der Waals surface area (Å²) in [5.74, 6) is -0.702. The number of halogens is 1. The summed E-state index contributed by atoms with van der Waals surface area (Å²) in [6, 6.07) is 26.4. The maximum atomic E-state index is 14.8. The van der Waals surface area contributed by atoms with Gasteiger partial charge in [-0.1, -0.05) is 62.4 Å². The molecular formula is C30H28FNO6S. The summed E-state index contributed by atoms with van der Waals surface area (Å²) >= 11 is 0. The van der Waals surface area contributed by atoms with E-state index in [1.165, 1.54) is 6.07 Å². The molecule has 0 saturated carbocycles. The number of hydrogen-bond acceptors (Lipinski definition) is 5. The zero-order valence-electron chi connectivity index (χ0n) is 21.4. The van der Waals surface area contributed by atoms with Gasteiger partial charge in [0, 0.05) is 0 Å². The maximum absolute atomic E-state index is 14.8. The van der Waals surface area contributed by atoms with Crippen molar-refractivity contribution in [2.45, 2.75) is 31.4 Å². The topological polar surface area (TPSA) is 102 Å². The fraction of sp³-hybridized carbons (Fsp3) is 0.167. The van der Waals surface area contributed by atoms with Crippen LogP contribution in [0.2, 0.25) is 0 Å². The van der Waals surface area contributed by atoms with Gasteiger partial charge in [-0.3, -0.25) is 4.79 Å². The minimum atomic E-state index is -4.37. The average Bonchev–Trinajstić information content (AvgIpc) is 2.92. The molecule has 0 heterocycles. The molecule has 0 radical (unpaired) electrons. The molecule has 1 atom stereocenters. The Morgan fingerprint density at radius 2 is 1.44 bits per heavy atom. The Hall–Kier alpha value is -4.21. The van der Waals surface area contributed by atoms with E-state index >= 15 is 0 Å². The predicted octanol–water partition coefficient (Wildman–Crippen LogP) is 6.25. The molecule has 4 aromatic rings. The Kier molecular flexibility index (Phi) is 8.63. The highest BCUT2D eigenvalue weighted by Gasteiger charge is 2.29. The first-order valence-corrected chi connectivity index (χ1v) is 13.7. The van der Waals surface area contributed by atoms with E-state index in [0.717, 1.165) is 23.4 Å². The second kappa shape index (κ2) is 12.1. The number of para-hydroxylation sites is 1. The molecule has 0 saturated heterocycles. The molecule has 0 aromatic heterocycles. The van der Waals surface area contributed by atoms with Crippen molar-refractivity contribution in [1.82, 2.24) is 4.72 Å². The third kappa shape index (κ3) is 7.22. The predicted molar refractivity (Wildman–Crippen MR) is 146 cm³/mol. The number of rotatable bonds is 11. The molecule has 4 aromatic carbocycles. The van der Waals surface area contributed by atoms with E-state index in [1.807, 2.05) is 66.7 Å². The number of ether oxygens (including phenoxy) is 2. The normalized spacial score (nSPS) is 12.2. The van der Waals surface area contributed by atoms with Gasteiger partial charge in [0.25, 0.3) is 0 Å². The Balaban J connectivity index is 1.38. The lowest BCUT2D eigenvalue weighted by molar-refractivity contribution is -0.140. The van der Waals surface area contributed by atoms with Crippen molar-refractivity contribution in [2.75, 3.05) is 0 Å². The quantitative estimate of drug-likeness (QED) is 0.229. The minimum absolute atomic E-state index is 0.316. The van der Waals surface area contributed by atoms with Crippen LogP contribution in [-0.4, -0.2) is 25.5 Å². The van der Waals surface area contributed by atoms with Crippen LogP contribution in [0, 0.1) is 11.7 Å². The van der Waals surface area contributed by atoms with Gasteiger partial charge in [-0.15, -0.1) is 0 Å². The summed E-state index contributed by atoms with van der Waals surface area (Å²) in [7, 11) is -4.37. The van der Waals surface area contributed by atoms with Crippen molar-refractivity contribution in [2.24, 2.45) is 5.92 Å². The van der Waals surface area contributed by atoms with E-state index < -0.39 is 38.7 Å². The lowest BCUT2D eigenvalue weighted by atomic mass is 10.0. The highest BCUT2D eigenvalue weighted by molar-refractivity contribution is 7.89. The van der Waals surface area contributed by atoms with Crippen LogP contribution >= 0.6 is 0 Å². The number of benzene rings is 4. The van der Waals surface area contributed by atoms with Gasteiger partial charge in [0.2, 0.25) is 10.0 Å². The van der Waals surface area contributed by atoms with E-state index in [2.05, 4.69) is 4.72 Å².